The van der Waals surface area contributed by atoms with E-state index in [4.69, 9.17) is 10.00 Å². The summed E-state index contributed by atoms with van der Waals surface area (Å²) in [5, 5.41) is 8.90. The Labute approximate surface area is 67.2 Å². The normalized spacial score (nSPS) is 30.2. The summed E-state index contributed by atoms with van der Waals surface area (Å²) in [6.45, 7) is 3.91. The fourth-order valence-electron chi connectivity index (χ4n) is 2.39. The molecule has 0 aromatic carbocycles. The first-order valence-corrected chi connectivity index (χ1v) is 4.23. The average Bonchev–Trinajstić information content (AvgIpc) is 1.85. The van der Waals surface area contributed by atoms with Crippen LogP contribution >= 0.6 is 0 Å². The molecule has 0 N–H and O–H groups in total. The van der Waals surface area contributed by atoms with Crippen molar-refractivity contribution in [1.29, 1.82) is 5.26 Å². The van der Waals surface area contributed by atoms with Gasteiger partial charge in [0, 0.05) is 5.41 Å². The van der Waals surface area contributed by atoms with Crippen molar-refractivity contribution < 1.29 is 4.74 Å². The Morgan fingerprint density at radius 2 is 2.09 bits per heavy atom. The van der Waals surface area contributed by atoms with Crippen molar-refractivity contribution in [3.63, 3.8) is 0 Å². The first kappa shape index (κ1) is 7.12. The van der Waals surface area contributed by atoms with Gasteiger partial charge in [-0.25, -0.2) is 0 Å². The van der Waals surface area contributed by atoms with Gasteiger partial charge in [-0.15, -0.1) is 0 Å². The van der Waals surface area contributed by atoms with Crippen LogP contribution in [0.3, 0.4) is 0 Å². The molecule has 0 aromatic rings. The summed E-state index contributed by atoms with van der Waals surface area (Å²) in [6.07, 6.45) is 3.16. The number of hydrogen-bond donors (Lipinski definition) is 0. The molecule has 1 heterocycles. The van der Waals surface area contributed by atoms with E-state index >= 15 is 0 Å². The average molecular weight is 151 g/mol. The Hall–Kier alpha value is -0.550. The van der Waals surface area contributed by atoms with Crippen LogP contribution in [0.15, 0.2) is 0 Å². The predicted molar refractivity (Wildman–Crippen MR) is 40.8 cm³/mol. The maximum absolute atomic E-state index is 8.90. The third kappa shape index (κ3) is 0.810. The summed E-state index contributed by atoms with van der Waals surface area (Å²) in [7, 11) is 0. The lowest BCUT2D eigenvalue weighted by molar-refractivity contribution is -0.197. The smallest absolute Gasteiger partial charge is 0.0690 e. The fraction of sp³-hybridized carbons (Fsp3) is 0.889. The van der Waals surface area contributed by atoms with Crippen molar-refractivity contribution in [2.45, 2.75) is 26.2 Å². The minimum absolute atomic E-state index is 0.0176. The van der Waals surface area contributed by atoms with E-state index in [2.05, 4.69) is 13.0 Å². The molecule has 2 heteroatoms. The summed E-state index contributed by atoms with van der Waals surface area (Å²) < 4.78 is 5.15. The maximum Gasteiger partial charge on any atom is 0.0690 e. The molecule has 1 spiro atoms. The van der Waals surface area contributed by atoms with Crippen LogP contribution in [-0.2, 0) is 4.74 Å². The van der Waals surface area contributed by atoms with Crippen molar-refractivity contribution in [3.8, 4) is 6.07 Å². The van der Waals surface area contributed by atoms with Gasteiger partial charge in [-0.3, -0.25) is 0 Å². The Balaban J connectivity index is 2.00. The third-order valence-electron chi connectivity index (χ3n) is 3.16. The summed E-state index contributed by atoms with van der Waals surface area (Å²) in [5.74, 6) is 0. The minimum atomic E-state index is 0.0176. The van der Waals surface area contributed by atoms with E-state index in [1.807, 2.05) is 0 Å². The van der Waals surface area contributed by atoms with E-state index in [1.165, 1.54) is 0 Å². The van der Waals surface area contributed by atoms with E-state index in [-0.39, 0.29) is 5.41 Å². The van der Waals surface area contributed by atoms with Crippen LogP contribution in [0.25, 0.3) is 0 Å². The molecule has 0 amide bonds. The summed E-state index contributed by atoms with van der Waals surface area (Å²) in [6, 6.07) is 2.43. The van der Waals surface area contributed by atoms with E-state index in [0.717, 1.165) is 32.5 Å². The van der Waals surface area contributed by atoms with E-state index in [1.54, 1.807) is 0 Å². The lowest BCUT2D eigenvalue weighted by Crippen LogP contribution is -2.56. The molecule has 2 fully saturated rings. The Bertz CT molecular complexity index is 204. The highest BCUT2D eigenvalue weighted by atomic mass is 16.5. The molecule has 2 aliphatic rings. The Morgan fingerprint density at radius 1 is 1.45 bits per heavy atom. The van der Waals surface area contributed by atoms with Gasteiger partial charge in [0.05, 0.1) is 24.7 Å². The van der Waals surface area contributed by atoms with Crippen LogP contribution < -0.4 is 0 Å². The zero-order valence-corrected chi connectivity index (χ0v) is 6.89. The maximum atomic E-state index is 8.90. The summed E-state index contributed by atoms with van der Waals surface area (Å²) in [5.41, 5.74) is 0.454. The van der Waals surface area contributed by atoms with Crippen LogP contribution in [0.4, 0.5) is 0 Å². The van der Waals surface area contributed by atoms with Crippen molar-refractivity contribution in [2.75, 3.05) is 13.2 Å². The predicted octanol–water partition coefficient (Wildman–Crippen LogP) is 1.72. The SMILES string of the molecule is CCC1(C#N)CC2(COC2)C1. The molecule has 11 heavy (non-hydrogen) atoms. The van der Waals surface area contributed by atoms with Crippen LogP contribution in [0.1, 0.15) is 26.2 Å². The molecule has 2 rings (SSSR count). The second kappa shape index (κ2) is 1.98. The van der Waals surface area contributed by atoms with Crippen LogP contribution in [0.2, 0.25) is 0 Å². The highest BCUT2D eigenvalue weighted by Crippen LogP contribution is 2.59. The molecule has 0 aromatic heterocycles. The zero-order valence-electron chi connectivity index (χ0n) is 6.89. The van der Waals surface area contributed by atoms with Gasteiger partial charge >= 0.3 is 0 Å². The zero-order chi connectivity index (χ0) is 7.95. The second-order valence-electron chi connectivity index (χ2n) is 4.09. The van der Waals surface area contributed by atoms with Gasteiger partial charge in [-0.05, 0) is 19.3 Å². The number of hydrogen-bond acceptors (Lipinski definition) is 2. The quantitative estimate of drug-likeness (QED) is 0.571. The van der Waals surface area contributed by atoms with Crippen LogP contribution in [0, 0.1) is 22.2 Å². The fourth-order valence-corrected chi connectivity index (χ4v) is 2.39. The molecular weight excluding hydrogens is 138 g/mol. The van der Waals surface area contributed by atoms with Crippen LogP contribution in [0.5, 0.6) is 0 Å². The highest BCUT2D eigenvalue weighted by molar-refractivity contribution is 5.15. The first-order valence-electron chi connectivity index (χ1n) is 4.23. The van der Waals surface area contributed by atoms with Crippen molar-refractivity contribution in [1.82, 2.24) is 0 Å². The number of ether oxygens (including phenoxy) is 1. The molecule has 0 unspecified atom stereocenters. The monoisotopic (exact) mass is 151 g/mol. The molecule has 0 radical (unpaired) electrons. The molecular formula is C9H13NO. The van der Waals surface area contributed by atoms with Gasteiger partial charge in [0.25, 0.3) is 0 Å². The standard InChI is InChI=1S/C9H13NO/c1-2-8(5-10)3-9(4-8)6-11-7-9/h2-4,6-7H2,1H3. The number of nitriles is 1. The molecule has 1 saturated carbocycles. The van der Waals surface area contributed by atoms with Gasteiger partial charge in [-0.2, -0.15) is 5.26 Å². The van der Waals surface area contributed by atoms with Gasteiger partial charge < -0.3 is 4.74 Å². The number of nitrogens with zero attached hydrogens (tertiary/aromatic N) is 1. The Morgan fingerprint density at radius 3 is 2.36 bits per heavy atom. The lowest BCUT2D eigenvalue weighted by atomic mass is 9.51. The molecule has 60 valence electrons. The Kier molecular flexibility index (Phi) is 1.28. The topological polar surface area (TPSA) is 33.0 Å². The molecule has 1 aliphatic heterocycles. The number of rotatable bonds is 1. The van der Waals surface area contributed by atoms with Gasteiger partial charge in [-0.1, -0.05) is 6.92 Å². The molecule has 1 saturated heterocycles. The van der Waals surface area contributed by atoms with E-state index < -0.39 is 0 Å². The lowest BCUT2D eigenvalue weighted by Gasteiger charge is -2.57. The van der Waals surface area contributed by atoms with Crippen molar-refractivity contribution in [2.24, 2.45) is 10.8 Å². The molecule has 2 nitrogen and oxygen atoms in total. The van der Waals surface area contributed by atoms with Gasteiger partial charge in [0.2, 0.25) is 0 Å². The molecule has 0 atom stereocenters. The van der Waals surface area contributed by atoms with Gasteiger partial charge in [0.15, 0.2) is 0 Å². The van der Waals surface area contributed by atoms with Crippen LogP contribution in [-0.4, -0.2) is 13.2 Å². The van der Waals surface area contributed by atoms with Gasteiger partial charge in [0.1, 0.15) is 0 Å². The van der Waals surface area contributed by atoms with E-state index in [0.29, 0.717) is 5.41 Å². The highest BCUT2D eigenvalue weighted by Gasteiger charge is 2.57. The summed E-state index contributed by atoms with van der Waals surface area (Å²) in [4.78, 5) is 0. The molecule has 0 bridgehead atoms. The largest absolute Gasteiger partial charge is 0.380 e. The molecule has 1 aliphatic carbocycles. The minimum Gasteiger partial charge on any atom is -0.380 e. The van der Waals surface area contributed by atoms with E-state index in [9.17, 15) is 0 Å². The third-order valence-corrected chi connectivity index (χ3v) is 3.16. The first-order chi connectivity index (χ1) is 5.24. The van der Waals surface area contributed by atoms with Crippen molar-refractivity contribution >= 4 is 0 Å². The van der Waals surface area contributed by atoms with Crippen molar-refractivity contribution in [3.05, 3.63) is 0 Å². The summed E-state index contributed by atoms with van der Waals surface area (Å²) >= 11 is 0. The second-order valence-corrected chi connectivity index (χ2v) is 4.09.